The summed E-state index contributed by atoms with van der Waals surface area (Å²) in [6.45, 7) is 2.29. The van der Waals surface area contributed by atoms with Crippen LogP contribution in [0, 0.1) is 0 Å². The van der Waals surface area contributed by atoms with Crippen LogP contribution in [0.4, 0.5) is 0 Å². The molecule has 0 aromatic carbocycles. The Hall–Kier alpha value is -0.0800. The molecule has 2 heteroatoms. The van der Waals surface area contributed by atoms with Crippen molar-refractivity contribution in [2.45, 2.75) is 44.6 Å². The number of hydrogen-bond acceptors (Lipinski definition) is 2. The van der Waals surface area contributed by atoms with E-state index in [-0.39, 0.29) is 0 Å². The maximum Gasteiger partial charge on any atom is 0.0575 e. The van der Waals surface area contributed by atoms with Gasteiger partial charge in [0.25, 0.3) is 0 Å². The van der Waals surface area contributed by atoms with Crippen LogP contribution in [0.5, 0.6) is 0 Å². The lowest BCUT2D eigenvalue weighted by atomic mass is 9.83. The van der Waals surface area contributed by atoms with E-state index in [1.54, 1.807) is 7.11 Å². The van der Waals surface area contributed by atoms with Crippen LogP contribution in [0.2, 0.25) is 0 Å². The van der Waals surface area contributed by atoms with Crippen molar-refractivity contribution in [3.63, 3.8) is 0 Å². The van der Waals surface area contributed by atoms with Gasteiger partial charge >= 0.3 is 0 Å². The number of nitrogens with zero attached hydrogens (tertiary/aromatic N) is 1. The van der Waals surface area contributed by atoms with Crippen LogP contribution in [0.15, 0.2) is 0 Å². The standard InChI is InChI=1S/C9H19NO/c1-9(10(2)11-3)7-5-4-6-8-9/h4-8H2,1-3H3. The van der Waals surface area contributed by atoms with Crippen LogP contribution in [-0.4, -0.2) is 24.8 Å². The first kappa shape index (κ1) is 9.01. The minimum atomic E-state index is 0.299. The lowest BCUT2D eigenvalue weighted by molar-refractivity contribution is -0.187. The Morgan fingerprint density at radius 1 is 1.18 bits per heavy atom. The fourth-order valence-electron chi connectivity index (χ4n) is 1.85. The molecule has 1 aliphatic rings. The van der Waals surface area contributed by atoms with Gasteiger partial charge in [0.15, 0.2) is 0 Å². The maximum absolute atomic E-state index is 5.23. The summed E-state index contributed by atoms with van der Waals surface area (Å²) in [5, 5.41) is 2.01. The third kappa shape index (κ3) is 1.94. The van der Waals surface area contributed by atoms with Crippen molar-refractivity contribution < 1.29 is 4.84 Å². The number of hydrogen-bond donors (Lipinski definition) is 0. The van der Waals surface area contributed by atoms with Crippen molar-refractivity contribution in [3.8, 4) is 0 Å². The van der Waals surface area contributed by atoms with Gasteiger partial charge in [-0.15, -0.1) is 0 Å². The quantitative estimate of drug-likeness (QED) is 0.570. The third-order valence-corrected chi connectivity index (χ3v) is 2.96. The molecule has 0 saturated heterocycles. The molecule has 0 unspecified atom stereocenters. The molecule has 11 heavy (non-hydrogen) atoms. The normalized spacial score (nSPS) is 24.0. The fourth-order valence-corrected chi connectivity index (χ4v) is 1.85. The Labute approximate surface area is 69.5 Å². The van der Waals surface area contributed by atoms with Crippen LogP contribution in [0.3, 0.4) is 0 Å². The first-order valence-electron chi connectivity index (χ1n) is 4.47. The van der Waals surface area contributed by atoms with Crippen molar-refractivity contribution in [1.82, 2.24) is 5.06 Å². The Kier molecular flexibility index (Phi) is 2.90. The molecule has 0 aromatic heterocycles. The minimum Gasteiger partial charge on any atom is -0.302 e. The highest BCUT2D eigenvalue weighted by Crippen LogP contribution is 2.31. The second-order valence-electron chi connectivity index (χ2n) is 3.74. The predicted molar refractivity (Wildman–Crippen MR) is 46.3 cm³/mol. The molecular weight excluding hydrogens is 138 g/mol. The van der Waals surface area contributed by atoms with Gasteiger partial charge in [-0.05, 0) is 19.8 Å². The van der Waals surface area contributed by atoms with E-state index in [4.69, 9.17) is 4.84 Å². The van der Waals surface area contributed by atoms with Crippen molar-refractivity contribution in [3.05, 3.63) is 0 Å². The van der Waals surface area contributed by atoms with Gasteiger partial charge in [-0.1, -0.05) is 19.3 Å². The molecule has 1 saturated carbocycles. The first-order chi connectivity index (χ1) is 5.19. The zero-order chi connectivity index (χ0) is 8.32. The molecule has 0 aliphatic heterocycles. The van der Waals surface area contributed by atoms with E-state index in [0.717, 1.165) is 0 Å². The summed E-state index contributed by atoms with van der Waals surface area (Å²) in [7, 11) is 3.78. The Balaban J connectivity index is 2.49. The molecular formula is C9H19NO. The van der Waals surface area contributed by atoms with Crippen LogP contribution >= 0.6 is 0 Å². The van der Waals surface area contributed by atoms with Crippen LogP contribution < -0.4 is 0 Å². The van der Waals surface area contributed by atoms with E-state index < -0.39 is 0 Å². The SMILES string of the molecule is CON(C)C1(C)CCCCC1. The zero-order valence-electron chi connectivity index (χ0n) is 7.89. The maximum atomic E-state index is 5.23. The summed E-state index contributed by atoms with van der Waals surface area (Å²) in [6.07, 6.45) is 6.65. The van der Waals surface area contributed by atoms with Crippen molar-refractivity contribution in [2.24, 2.45) is 0 Å². The molecule has 1 fully saturated rings. The minimum absolute atomic E-state index is 0.299. The fraction of sp³-hybridized carbons (Fsp3) is 1.00. The van der Waals surface area contributed by atoms with Crippen molar-refractivity contribution in [1.29, 1.82) is 0 Å². The molecule has 0 heterocycles. The lowest BCUT2D eigenvalue weighted by Crippen LogP contribution is -2.44. The topological polar surface area (TPSA) is 12.5 Å². The molecule has 0 atom stereocenters. The monoisotopic (exact) mass is 157 g/mol. The van der Waals surface area contributed by atoms with Gasteiger partial charge < -0.3 is 4.84 Å². The van der Waals surface area contributed by atoms with Gasteiger partial charge in [0.05, 0.1) is 7.11 Å². The average Bonchev–Trinajstić information content (AvgIpc) is 2.04. The van der Waals surface area contributed by atoms with Gasteiger partial charge in [0.1, 0.15) is 0 Å². The van der Waals surface area contributed by atoms with E-state index >= 15 is 0 Å². The van der Waals surface area contributed by atoms with E-state index in [9.17, 15) is 0 Å². The molecule has 0 N–H and O–H groups in total. The van der Waals surface area contributed by atoms with E-state index in [1.165, 1.54) is 32.1 Å². The molecule has 0 amide bonds. The average molecular weight is 157 g/mol. The molecule has 1 rings (SSSR count). The Morgan fingerprint density at radius 3 is 2.18 bits per heavy atom. The second kappa shape index (κ2) is 3.55. The molecule has 0 aromatic rings. The molecule has 66 valence electrons. The smallest absolute Gasteiger partial charge is 0.0575 e. The van der Waals surface area contributed by atoms with Crippen molar-refractivity contribution in [2.75, 3.05) is 14.2 Å². The summed E-state index contributed by atoms with van der Waals surface area (Å²) in [6, 6.07) is 0. The van der Waals surface area contributed by atoms with E-state index in [2.05, 4.69) is 6.92 Å². The highest BCUT2D eigenvalue weighted by atomic mass is 16.7. The van der Waals surface area contributed by atoms with Crippen molar-refractivity contribution >= 4 is 0 Å². The summed E-state index contributed by atoms with van der Waals surface area (Å²) in [4.78, 5) is 5.23. The molecule has 2 nitrogen and oxygen atoms in total. The van der Waals surface area contributed by atoms with Gasteiger partial charge in [-0.25, -0.2) is 0 Å². The Bertz CT molecular complexity index is 119. The van der Waals surface area contributed by atoms with Gasteiger partial charge in [0, 0.05) is 12.6 Å². The summed E-state index contributed by atoms with van der Waals surface area (Å²) >= 11 is 0. The Morgan fingerprint density at radius 2 is 1.73 bits per heavy atom. The predicted octanol–water partition coefficient (Wildman–Crippen LogP) is 2.20. The van der Waals surface area contributed by atoms with Crippen LogP contribution in [0.1, 0.15) is 39.0 Å². The largest absolute Gasteiger partial charge is 0.302 e. The zero-order valence-corrected chi connectivity index (χ0v) is 7.89. The molecule has 0 spiro atoms. The highest BCUT2D eigenvalue weighted by Gasteiger charge is 2.31. The van der Waals surface area contributed by atoms with E-state index in [1.807, 2.05) is 12.1 Å². The van der Waals surface area contributed by atoms with Crippen LogP contribution in [-0.2, 0) is 4.84 Å². The van der Waals surface area contributed by atoms with Crippen LogP contribution in [0.25, 0.3) is 0 Å². The summed E-state index contributed by atoms with van der Waals surface area (Å²) < 4.78 is 0. The molecule has 0 radical (unpaired) electrons. The highest BCUT2D eigenvalue weighted by molar-refractivity contribution is 4.84. The lowest BCUT2D eigenvalue weighted by Gasteiger charge is -2.39. The first-order valence-corrected chi connectivity index (χ1v) is 4.47. The van der Waals surface area contributed by atoms with Gasteiger partial charge in [-0.3, -0.25) is 0 Å². The van der Waals surface area contributed by atoms with Gasteiger partial charge in [0.2, 0.25) is 0 Å². The number of hydroxylamine groups is 2. The van der Waals surface area contributed by atoms with E-state index in [0.29, 0.717) is 5.54 Å². The number of rotatable bonds is 2. The molecule has 0 bridgehead atoms. The molecule has 1 aliphatic carbocycles. The summed E-state index contributed by atoms with van der Waals surface area (Å²) in [5.41, 5.74) is 0.299. The summed E-state index contributed by atoms with van der Waals surface area (Å²) in [5.74, 6) is 0. The van der Waals surface area contributed by atoms with Gasteiger partial charge in [-0.2, -0.15) is 5.06 Å². The second-order valence-corrected chi connectivity index (χ2v) is 3.74. The third-order valence-electron chi connectivity index (χ3n) is 2.96.